The molecule has 1 N–H and O–H groups in total. The van der Waals surface area contributed by atoms with Crippen molar-refractivity contribution < 1.29 is 14.3 Å². The standard InChI is InChI=1S/C27H26N6O4/c1-36-18-24-22(27(35)30-14-23-21(13-28)25(37-2)10-11-29-23)17-33(31-24)16-20-8-6-19(7-9-20)15-32-12-4-3-5-26(32)34/h3-12,17H,14-16,18H2,1-2H3,(H,30,35). The van der Waals surface area contributed by atoms with E-state index in [4.69, 9.17) is 9.47 Å². The van der Waals surface area contributed by atoms with Crippen LogP contribution < -0.4 is 15.6 Å². The summed E-state index contributed by atoms with van der Waals surface area (Å²) in [7, 11) is 3.01. The van der Waals surface area contributed by atoms with Gasteiger partial charge in [0, 0.05) is 31.8 Å². The average Bonchev–Trinajstić information content (AvgIpc) is 3.31. The van der Waals surface area contributed by atoms with Crippen LogP contribution in [-0.4, -0.2) is 39.5 Å². The zero-order valence-electron chi connectivity index (χ0n) is 20.5. The third kappa shape index (κ3) is 6.09. The molecule has 0 aliphatic rings. The van der Waals surface area contributed by atoms with E-state index in [1.807, 2.05) is 30.3 Å². The predicted molar refractivity (Wildman–Crippen MR) is 135 cm³/mol. The summed E-state index contributed by atoms with van der Waals surface area (Å²) in [6, 6.07) is 16.6. The second-order valence-corrected chi connectivity index (χ2v) is 8.23. The molecule has 1 amide bonds. The van der Waals surface area contributed by atoms with Gasteiger partial charge in [-0.3, -0.25) is 19.3 Å². The molecule has 10 heteroatoms. The maximum atomic E-state index is 13.0. The van der Waals surface area contributed by atoms with Crippen molar-refractivity contribution in [3.63, 3.8) is 0 Å². The summed E-state index contributed by atoms with van der Waals surface area (Å²) in [5, 5.41) is 16.8. The molecule has 3 heterocycles. The lowest BCUT2D eigenvalue weighted by Gasteiger charge is -2.08. The zero-order chi connectivity index (χ0) is 26.2. The van der Waals surface area contributed by atoms with Crippen molar-refractivity contribution in [3.05, 3.63) is 111 Å². The number of amides is 1. The summed E-state index contributed by atoms with van der Waals surface area (Å²) in [5.74, 6) is 0.0481. The van der Waals surface area contributed by atoms with Crippen LogP contribution in [0.2, 0.25) is 0 Å². The Balaban J connectivity index is 1.46. The fraction of sp³-hybridized carbons (Fsp3) is 0.222. The van der Waals surface area contributed by atoms with Crippen molar-refractivity contribution in [2.24, 2.45) is 0 Å². The van der Waals surface area contributed by atoms with E-state index in [2.05, 4.69) is 21.5 Å². The first-order valence-corrected chi connectivity index (χ1v) is 11.5. The van der Waals surface area contributed by atoms with Crippen molar-refractivity contribution in [2.45, 2.75) is 26.2 Å². The molecule has 0 radical (unpaired) electrons. The van der Waals surface area contributed by atoms with E-state index < -0.39 is 0 Å². The van der Waals surface area contributed by atoms with Gasteiger partial charge in [-0.05, 0) is 23.3 Å². The minimum Gasteiger partial charge on any atom is -0.495 e. The summed E-state index contributed by atoms with van der Waals surface area (Å²) in [6.45, 7) is 1.16. The van der Waals surface area contributed by atoms with Crippen LogP contribution in [0.15, 0.2) is 71.9 Å². The van der Waals surface area contributed by atoms with Gasteiger partial charge in [0.05, 0.1) is 44.6 Å². The van der Waals surface area contributed by atoms with Gasteiger partial charge in [0.15, 0.2) is 0 Å². The molecule has 1 aromatic carbocycles. The van der Waals surface area contributed by atoms with E-state index in [-0.39, 0.29) is 30.2 Å². The number of rotatable bonds is 10. The van der Waals surface area contributed by atoms with Crippen molar-refractivity contribution in [3.8, 4) is 11.8 Å². The van der Waals surface area contributed by atoms with Gasteiger partial charge in [0.25, 0.3) is 11.5 Å². The normalized spacial score (nSPS) is 10.6. The van der Waals surface area contributed by atoms with Gasteiger partial charge in [-0.2, -0.15) is 10.4 Å². The number of nitrogens with one attached hydrogen (secondary N) is 1. The first kappa shape index (κ1) is 25.3. The molecular formula is C27H26N6O4. The summed E-state index contributed by atoms with van der Waals surface area (Å²) < 4.78 is 13.8. The van der Waals surface area contributed by atoms with Crippen LogP contribution in [0.4, 0.5) is 0 Å². The number of nitrogens with zero attached hydrogens (tertiary/aromatic N) is 5. The third-order valence-corrected chi connectivity index (χ3v) is 5.72. The Morgan fingerprint density at radius 2 is 1.81 bits per heavy atom. The minimum absolute atomic E-state index is 0.0503. The summed E-state index contributed by atoms with van der Waals surface area (Å²) in [5.41, 5.74) is 3.50. The molecule has 37 heavy (non-hydrogen) atoms. The lowest BCUT2D eigenvalue weighted by atomic mass is 10.1. The largest absolute Gasteiger partial charge is 0.495 e. The van der Waals surface area contributed by atoms with E-state index >= 15 is 0 Å². The number of hydrogen-bond acceptors (Lipinski definition) is 7. The van der Waals surface area contributed by atoms with Gasteiger partial charge >= 0.3 is 0 Å². The molecule has 0 bridgehead atoms. The molecule has 4 aromatic rings. The van der Waals surface area contributed by atoms with Crippen LogP contribution in [0.1, 0.15) is 38.4 Å². The smallest absolute Gasteiger partial charge is 0.255 e. The molecule has 188 valence electrons. The van der Waals surface area contributed by atoms with E-state index in [0.717, 1.165) is 11.1 Å². The Morgan fingerprint density at radius 1 is 1.05 bits per heavy atom. The third-order valence-electron chi connectivity index (χ3n) is 5.72. The first-order valence-electron chi connectivity index (χ1n) is 11.5. The number of ether oxygens (including phenoxy) is 2. The molecular weight excluding hydrogens is 472 g/mol. The van der Waals surface area contributed by atoms with Gasteiger partial charge in [-0.15, -0.1) is 0 Å². The van der Waals surface area contributed by atoms with Crippen molar-refractivity contribution in [2.75, 3.05) is 14.2 Å². The van der Waals surface area contributed by atoms with Gasteiger partial charge in [0.2, 0.25) is 0 Å². The van der Waals surface area contributed by atoms with Gasteiger partial charge in [-0.1, -0.05) is 30.3 Å². The van der Waals surface area contributed by atoms with E-state index in [1.165, 1.54) is 26.5 Å². The number of benzene rings is 1. The second-order valence-electron chi connectivity index (χ2n) is 8.23. The van der Waals surface area contributed by atoms with Crippen LogP contribution in [-0.2, 0) is 31.0 Å². The Bertz CT molecular complexity index is 1480. The molecule has 0 saturated heterocycles. The number of hydrogen-bond donors (Lipinski definition) is 1. The SMILES string of the molecule is COCc1nn(Cc2ccc(Cn3ccccc3=O)cc2)cc1C(=O)NCc1nccc(OC)c1C#N. The molecule has 3 aromatic heterocycles. The van der Waals surface area contributed by atoms with Gasteiger partial charge in [0.1, 0.15) is 23.1 Å². The van der Waals surface area contributed by atoms with Crippen molar-refractivity contribution >= 4 is 5.91 Å². The van der Waals surface area contributed by atoms with Crippen LogP contribution >= 0.6 is 0 Å². The molecule has 0 aliphatic carbocycles. The monoisotopic (exact) mass is 498 g/mol. The Labute approximate surface area is 213 Å². The lowest BCUT2D eigenvalue weighted by molar-refractivity contribution is 0.0945. The van der Waals surface area contributed by atoms with Crippen molar-refractivity contribution in [1.82, 2.24) is 24.6 Å². The summed E-state index contributed by atoms with van der Waals surface area (Å²) in [4.78, 5) is 29.1. The number of carbonyl (C=O) groups is 1. The van der Waals surface area contributed by atoms with Crippen LogP contribution in [0.5, 0.6) is 5.75 Å². The zero-order valence-corrected chi connectivity index (χ0v) is 20.5. The molecule has 0 aliphatic heterocycles. The predicted octanol–water partition coefficient (Wildman–Crippen LogP) is 2.49. The van der Waals surface area contributed by atoms with Crippen LogP contribution in [0, 0.1) is 11.3 Å². The lowest BCUT2D eigenvalue weighted by Crippen LogP contribution is -2.24. The fourth-order valence-electron chi connectivity index (χ4n) is 3.87. The van der Waals surface area contributed by atoms with Gasteiger partial charge in [-0.25, -0.2) is 0 Å². The first-order chi connectivity index (χ1) is 18.0. The highest BCUT2D eigenvalue weighted by atomic mass is 16.5. The maximum Gasteiger partial charge on any atom is 0.255 e. The summed E-state index contributed by atoms with van der Waals surface area (Å²) >= 11 is 0. The quantitative estimate of drug-likeness (QED) is 0.356. The number of aromatic nitrogens is 4. The fourth-order valence-corrected chi connectivity index (χ4v) is 3.87. The highest BCUT2D eigenvalue weighted by molar-refractivity contribution is 5.95. The Kier molecular flexibility index (Phi) is 8.08. The molecule has 0 fully saturated rings. The molecule has 0 atom stereocenters. The number of pyridine rings is 2. The Hall–Kier alpha value is -4.75. The number of carbonyl (C=O) groups excluding carboxylic acids is 1. The average molecular weight is 499 g/mol. The highest BCUT2D eigenvalue weighted by Gasteiger charge is 2.18. The maximum absolute atomic E-state index is 13.0. The molecule has 0 saturated carbocycles. The molecule has 0 spiro atoms. The minimum atomic E-state index is -0.351. The van der Waals surface area contributed by atoms with Gasteiger partial charge < -0.3 is 19.4 Å². The van der Waals surface area contributed by atoms with Crippen LogP contribution in [0.3, 0.4) is 0 Å². The second kappa shape index (κ2) is 11.8. The molecule has 0 unspecified atom stereocenters. The topological polar surface area (TPSA) is 124 Å². The van der Waals surface area contributed by atoms with Crippen LogP contribution in [0.25, 0.3) is 0 Å². The highest BCUT2D eigenvalue weighted by Crippen LogP contribution is 2.19. The number of methoxy groups -OCH3 is 2. The van der Waals surface area contributed by atoms with E-state index in [1.54, 1.807) is 33.8 Å². The molecule has 4 rings (SSSR count). The Morgan fingerprint density at radius 3 is 2.49 bits per heavy atom. The van der Waals surface area contributed by atoms with E-state index in [9.17, 15) is 14.9 Å². The van der Waals surface area contributed by atoms with Crippen molar-refractivity contribution in [1.29, 1.82) is 5.26 Å². The molecule has 10 nitrogen and oxygen atoms in total. The van der Waals surface area contributed by atoms with E-state index in [0.29, 0.717) is 35.8 Å². The number of nitriles is 1. The summed E-state index contributed by atoms with van der Waals surface area (Å²) in [6.07, 6.45) is 4.96.